The maximum Gasteiger partial charge on any atom is 0.233 e. The first-order valence-corrected chi connectivity index (χ1v) is 14.5. The lowest BCUT2D eigenvalue weighted by molar-refractivity contribution is -0.118. The number of carbonyl (C=O) groups excluding carboxylic acids is 1. The molecule has 3 heterocycles. The maximum atomic E-state index is 15.1. The molecule has 0 fully saturated rings. The first-order valence-electron chi connectivity index (χ1n) is 12.6. The molecule has 4 aromatic rings. The molecular formula is C30H24FIN6O2. The minimum Gasteiger partial charge on any atom is -0.495 e. The summed E-state index contributed by atoms with van der Waals surface area (Å²) in [5.74, 6) is 0.709. The van der Waals surface area contributed by atoms with Gasteiger partial charge in [0.2, 0.25) is 5.91 Å². The van der Waals surface area contributed by atoms with Gasteiger partial charge in [-0.1, -0.05) is 42.5 Å². The van der Waals surface area contributed by atoms with E-state index in [1.807, 2.05) is 53.2 Å². The van der Waals surface area contributed by atoms with Crippen molar-refractivity contribution in [3.63, 3.8) is 0 Å². The molecule has 0 radical (unpaired) electrons. The molecule has 10 heteroatoms. The number of nitrogens with zero attached hydrogens (tertiary/aromatic N) is 6. The number of benzene rings is 3. The predicted octanol–water partition coefficient (Wildman–Crippen LogP) is 6.28. The van der Waals surface area contributed by atoms with Gasteiger partial charge < -0.3 is 17.3 Å². The predicted molar refractivity (Wildman–Crippen MR) is 157 cm³/mol. The van der Waals surface area contributed by atoms with Crippen LogP contribution in [-0.2, 0) is 24.4 Å². The van der Waals surface area contributed by atoms with Crippen LogP contribution in [0.25, 0.3) is 11.3 Å². The Morgan fingerprint density at radius 2 is 1.98 bits per heavy atom. The standard InChI is InChI=1S/C30H24FIN6O2/c1-40-28-12-20(10-11-22(28)14-33)16-38-23(15-34-32-38)13-30(39)37-19-29-35-26(21-6-3-2-4-7-21)18-36(29)17-24-25(31)8-5-9-27(24)37/h2-12,15,18H,13,16-17,19H2,1H3. The fourth-order valence-electron chi connectivity index (χ4n) is 4.88. The van der Waals surface area contributed by atoms with Crippen LogP contribution in [0, 0.1) is 17.1 Å². The van der Waals surface area contributed by atoms with Gasteiger partial charge in [-0.2, -0.15) is 5.26 Å². The van der Waals surface area contributed by atoms with Crippen molar-refractivity contribution < 1.29 is 13.9 Å². The fraction of sp³-hybridized carbons (Fsp3) is 0.167. The number of amides is 1. The summed E-state index contributed by atoms with van der Waals surface area (Å²) in [6.45, 7) is 1.07. The summed E-state index contributed by atoms with van der Waals surface area (Å²) in [6, 6.07) is 22.3. The second-order valence-corrected chi connectivity index (χ2v) is 11.5. The van der Waals surface area contributed by atoms with Crippen LogP contribution in [0.4, 0.5) is 10.1 Å². The zero-order chi connectivity index (χ0) is 27.6. The molecule has 6 rings (SSSR count). The van der Waals surface area contributed by atoms with Gasteiger partial charge in [0.05, 0.1) is 62.0 Å². The Morgan fingerprint density at radius 1 is 1.12 bits per heavy atom. The summed E-state index contributed by atoms with van der Waals surface area (Å²) in [5.41, 5.74) is 5.02. The van der Waals surface area contributed by atoms with Gasteiger partial charge in [0.15, 0.2) is 0 Å². The van der Waals surface area contributed by atoms with Crippen molar-refractivity contribution in [3.05, 3.63) is 113 Å². The molecule has 0 saturated heterocycles. The number of halogens is 2. The lowest BCUT2D eigenvalue weighted by Gasteiger charge is -2.25. The molecule has 1 amide bonds. The molecule has 40 heavy (non-hydrogen) atoms. The summed E-state index contributed by atoms with van der Waals surface area (Å²) < 4.78 is 29.0. The van der Waals surface area contributed by atoms with E-state index in [4.69, 9.17) is 9.72 Å². The number of methoxy groups -OCH3 is 1. The molecule has 200 valence electrons. The average molecular weight is 646 g/mol. The van der Waals surface area contributed by atoms with Gasteiger partial charge in [0.1, 0.15) is 44.8 Å². The smallest absolute Gasteiger partial charge is 0.233 e. The van der Waals surface area contributed by atoms with Gasteiger partial charge in [0, 0.05) is 17.3 Å². The molecular weight excluding hydrogens is 622 g/mol. The van der Waals surface area contributed by atoms with Crippen molar-refractivity contribution in [2.24, 2.45) is 3.15 Å². The van der Waals surface area contributed by atoms with E-state index in [0.717, 1.165) is 22.5 Å². The molecule has 0 spiro atoms. The number of carbonyl (C=O) groups is 1. The number of rotatable bonds is 6. The van der Waals surface area contributed by atoms with Gasteiger partial charge in [-0.05, 0) is 29.8 Å². The maximum absolute atomic E-state index is 15.1. The highest BCUT2D eigenvalue weighted by molar-refractivity contribution is 14.1. The molecule has 0 N–H and O–H groups in total. The Labute approximate surface area is 241 Å². The van der Waals surface area contributed by atoms with E-state index in [1.54, 1.807) is 29.3 Å². The summed E-state index contributed by atoms with van der Waals surface area (Å²) in [6.07, 6.45) is 3.81. The number of hydrogen-bond acceptors (Lipinski definition) is 6. The van der Waals surface area contributed by atoms with Crippen molar-refractivity contribution >= 4 is 32.9 Å². The topological polar surface area (TPSA) is 86.8 Å². The molecule has 1 aromatic heterocycles. The summed E-state index contributed by atoms with van der Waals surface area (Å²) in [7, 11) is 1.54. The number of anilines is 1. The Kier molecular flexibility index (Phi) is 7.13. The van der Waals surface area contributed by atoms with E-state index in [-0.39, 0.29) is 31.2 Å². The molecule has 2 aliphatic heterocycles. The SMILES string of the molecule is COc1cc(CN2I=NC=C2CC(=O)N2Cc3nc(-c4ccccc4)cn3Cc3c(F)cccc32)ccc1C#N. The van der Waals surface area contributed by atoms with Crippen molar-refractivity contribution in [2.75, 3.05) is 12.0 Å². The van der Waals surface area contributed by atoms with E-state index < -0.39 is 21.3 Å². The van der Waals surface area contributed by atoms with Crippen LogP contribution < -0.4 is 9.64 Å². The number of nitriles is 1. The molecule has 3 aromatic carbocycles. The average Bonchev–Trinajstić information content (AvgIpc) is 3.55. The number of aromatic nitrogens is 2. The van der Waals surface area contributed by atoms with Gasteiger partial charge in [0.25, 0.3) is 0 Å². The molecule has 0 unspecified atom stereocenters. The fourth-order valence-corrected chi connectivity index (χ4v) is 6.75. The van der Waals surface area contributed by atoms with Crippen molar-refractivity contribution in [1.82, 2.24) is 12.7 Å². The number of fused-ring (bicyclic) bond motifs is 2. The van der Waals surface area contributed by atoms with Gasteiger partial charge in [-0.25, -0.2) is 12.5 Å². The minimum atomic E-state index is -0.683. The third-order valence-electron chi connectivity index (χ3n) is 6.93. The summed E-state index contributed by atoms with van der Waals surface area (Å²) in [5, 5.41) is 9.29. The van der Waals surface area contributed by atoms with Crippen LogP contribution in [0.3, 0.4) is 0 Å². The second-order valence-electron chi connectivity index (χ2n) is 9.39. The van der Waals surface area contributed by atoms with Crippen LogP contribution in [0.5, 0.6) is 5.75 Å². The van der Waals surface area contributed by atoms with Crippen LogP contribution in [0.1, 0.15) is 28.9 Å². The quantitative estimate of drug-likeness (QED) is 0.182. The van der Waals surface area contributed by atoms with Gasteiger partial charge >= 0.3 is 0 Å². The molecule has 0 saturated carbocycles. The number of ether oxygens (including phenoxy) is 1. The van der Waals surface area contributed by atoms with Crippen LogP contribution in [0.15, 0.2) is 88.0 Å². The Bertz CT molecular complexity index is 1710. The highest BCUT2D eigenvalue weighted by Gasteiger charge is 2.29. The molecule has 2 aliphatic rings. The third kappa shape index (κ3) is 5.00. The van der Waals surface area contributed by atoms with E-state index >= 15 is 4.39 Å². The normalized spacial score (nSPS) is 14.0. The molecule has 8 nitrogen and oxygen atoms in total. The monoisotopic (exact) mass is 646 g/mol. The lowest BCUT2D eigenvalue weighted by Crippen LogP contribution is -2.32. The zero-order valence-corrected chi connectivity index (χ0v) is 23.7. The van der Waals surface area contributed by atoms with Gasteiger partial charge in [-0.15, -0.1) is 0 Å². The van der Waals surface area contributed by atoms with E-state index in [9.17, 15) is 10.1 Å². The molecule has 0 aliphatic carbocycles. The first-order chi connectivity index (χ1) is 19.5. The van der Waals surface area contributed by atoms with E-state index in [1.165, 1.54) is 13.2 Å². The van der Waals surface area contributed by atoms with Gasteiger partial charge in [-0.3, -0.25) is 4.79 Å². The van der Waals surface area contributed by atoms with Crippen molar-refractivity contribution in [3.8, 4) is 23.1 Å². The summed E-state index contributed by atoms with van der Waals surface area (Å²) >= 11 is -0.683. The molecule has 0 bridgehead atoms. The second kappa shape index (κ2) is 11.0. The minimum absolute atomic E-state index is 0.124. The zero-order valence-electron chi connectivity index (χ0n) is 21.6. The Hall–Kier alpha value is -4.37. The highest BCUT2D eigenvalue weighted by Crippen LogP contribution is 2.35. The van der Waals surface area contributed by atoms with Crippen LogP contribution in [0.2, 0.25) is 0 Å². The lowest BCUT2D eigenvalue weighted by atomic mass is 10.1. The van der Waals surface area contributed by atoms with E-state index in [0.29, 0.717) is 34.9 Å². The van der Waals surface area contributed by atoms with Crippen LogP contribution in [-0.4, -0.2) is 25.7 Å². The molecule has 0 atom stereocenters. The number of imidazole rings is 1. The highest BCUT2D eigenvalue weighted by atomic mass is 127. The van der Waals surface area contributed by atoms with Crippen molar-refractivity contribution in [2.45, 2.75) is 26.1 Å². The van der Waals surface area contributed by atoms with E-state index in [2.05, 4.69) is 12.3 Å². The Balaban J connectivity index is 1.26. The largest absolute Gasteiger partial charge is 0.495 e. The first kappa shape index (κ1) is 25.9. The Morgan fingerprint density at radius 3 is 2.77 bits per heavy atom. The summed E-state index contributed by atoms with van der Waals surface area (Å²) in [4.78, 5) is 20.3. The van der Waals surface area contributed by atoms with Crippen LogP contribution >= 0.6 is 21.3 Å². The number of hydrogen-bond donors (Lipinski definition) is 0. The van der Waals surface area contributed by atoms with Crippen molar-refractivity contribution in [1.29, 1.82) is 5.26 Å². The third-order valence-corrected chi connectivity index (χ3v) is 8.94.